The Kier molecular flexibility index (Phi) is 3.74. The van der Waals surface area contributed by atoms with Gasteiger partial charge in [0.2, 0.25) is 5.91 Å². The molecule has 1 aliphatic rings. The van der Waals surface area contributed by atoms with Crippen LogP contribution in [0.4, 0.5) is 4.39 Å². The van der Waals surface area contributed by atoms with Crippen LogP contribution in [0.15, 0.2) is 24.3 Å². The summed E-state index contributed by atoms with van der Waals surface area (Å²) in [5.41, 5.74) is 0.679. The fraction of sp³-hybridized carbons (Fsp3) is 0.462. The van der Waals surface area contributed by atoms with E-state index in [9.17, 15) is 9.18 Å². The predicted molar refractivity (Wildman–Crippen MR) is 61.9 cm³/mol. The molecule has 1 amide bonds. The Morgan fingerprint density at radius 3 is 3.06 bits per heavy atom. The summed E-state index contributed by atoms with van der Waals surface area (Å²) in [6.07, 6.45) is 1.99. The van der Waals surface area contributed by atoms with Crippen molar-refractivity contribution >= 4 is 5.91 Å². The highest BCUT2D eigenvalue weighted by atomic mass is 19.1. The molecule has 1 fully saturated rings. The van der Waals surface area contributed by atoms with Gasteiger partial charge in [-0.2, -0.15) is 0 Å². The van der Waals surface area contributed by atoms with Crippen molar-refractivity contribution in [3.05, 3.63) is 35.6 Å². The third kappa shape index (κ3) is 2.82. The number of amides is 1. The number of benzene rings is 1. The van der Waals surface area contributed by atoms with Gasteiger partial charge < -0.3 is 10.0 Å². The summed E-state index contributed by atoms with van der Waals surface area (Å²) in [6, 6.07) is 6.02. The van der Waals surface area contributed by atoms with Crippen LogP contribution >= 0.6 is 0 Å². The van der Waals surface area contributed by atoms with Gasteiger partial charge in [-0.1, -0.05) is 12.1 Å². The minimum atomic E-state index is -0.324. The fourth-order valence-electron chi connectivity index (χ4n) is 2.28. The number of nitrogens with zero attached hydrogens (tertiary/aromatic N) is 1. The summed E-state index contributed by atoms with van der Waals surface area (Å²) in [4.78, 5) is 13.7. The molecule has 1 atom stereocenters. The number of hydrogen-bond donors (Lipinski definition) is 1. The Bertz CT molecular complexity index is 408. The normalized spacial score (nSPS) is 19.6. The van der Waals surface area contributed by atoms with Gasteiger partial charge in [-0.15, -0.1) is 0 Å². The fourth-order valence-corrected chi connectivity index (χ4v) is 2.28. The maximum absolute atomic E-state index is 13.0. The highest BCUT2D eigenvalue weighted by Crippen LogP contribution is 2.18. The van der Waals surface area contributed by atoms with E-state index in [4.69, 9.17) is 5.11 Å². The van der Waals surface area contributed by atoms with Crippen molar-refractivity contribution < 1.29 is 14.3 Å². The van der Waals surface area contributed by atoms with Gasteiger partial charge >= 0.3 is 0 Å². The molecule has 1 saturated heterocycles. The summed E-state index contributed by atoms with van der Waals surface area (Å²) in [6.45, 7) is 0.703. The third-order valence-corrected chi connectivity index (χ3v) is 3.15. The quantitative estimate of drug-likeness (QED) is 0.862. The lowest BCUT2D eigenvalue weighted by atomic mass is 10.1. The molecule has 92 valence electrons. The van der Waals surface area contributed by atoms with E-state index >= 15 is 0 Å². The van der Waals surface area contributed by atoms with Crippen LogP contribution in [0.25, 0.3) is 0 Å². The highest BCUT2D eigenvalue weighted by Gasteiger charge is 2.27. The zero-order valence-corrected chi connectivity index (χ0v) is 9.60. The van der Waals surface area contributed by atoms with E-state index < -0.39 is 0 Å². The molecule has 3 nitrogen and oxygen atoms in total. The van der Waals surface area contributed by atoms with Gasteiger partial charge in [-0.05, 0) is 30.5 Å². The molecule has 17 heavy (non-hydrogen) atoms. The number of aliphatic hydroxyl groups is 1. The van der Waals surface area contributed by atoms with Gasteiger partial charge in [-0.3, -0.25) is 4.79 Å². The first-order chi connectivity index (χ1) is 8.20. The van der Waals surface area contributed by atoms with E-state index in [0.717, 1.165) is 12.8 Å². The van der Waals surface area contributed by atoms with Gasteiger partial charge in [0, 0.05) is 6.54 Å². The van der Waals surface area contributed by atoms with Crippen LogP contribution < -0.4 is 0 Å². The summed E-state index contributed by atoms with van der Waals surface area (Å²) in [5.74, 6) is -0.359. The number of rotatable bonds is 3. The van der Waals surface area contributed by atoms with E-state index in [2.05, 4.69) is 0 Å². The van der Waals surface area contributed by atoms with Crippen molar-refractivity contribution in [2.24, 2.45) is 0 Å². The first-order valence-corrected chi connectivity index (χ1v) is 5.85. The molecule has 1 unspecified atom stereocenters. The van der Waals surface area contributed by atoms with Gasteiger partial charge in [0.25, 0.3) is 0 Å². The van der Waals surface area contributed by atoms with Gasteiger partial charge in [0.15, 0.2) is 0 Å². The molecule has 2 rings (SSSR count). The van der Waals surface area contributed by atoms with Gasteiger partial charge in [0.05, 0.1) is 19.1 Å². The van der Waals surface area contributed by atoms with Crippen molar-refractivity contribution in [3.8, 4) is 0 Å². The summed E-state index contributed by atoms with van der Waals surface area (Å²) >= 11 is 0. The predicted octanol–water partition coefficient (Wildman–Crippen LogP) is 1.35. The second-order valence-electron chi connectivity index (χ2n) is 4.37. The smallest absolute Gasteiger partial charge is 0.227 e. The molecule has 1 heterocycles. The van der Waals surface area contributed by atoms with Crippen molar-refractivity contribution in [3.63, 3.8) is 0 Å². The van der Waals surface area contributed by atoms with E-state index in [1.54, 1.807) is 17.0 Å². The van der Waals surface area contributed by atoms with Crippen LogP contribution in [0.5, 0.6) is 0 Å². The highest BCUT2D eigenvalue weighted by molar-refractivity contribution is 5.79. The molecule has 1 N–H and O–H groups in total. The van der Waals surface area contributed by atoms with Crippen LogP contribution in [0, 0.1) is 5.82 Å². The van der Waals surface area contributed by atoms with E-state index in [0.29, 0.717) is 12.1 Å². The molecule has 4 heteroatoms. The molecule has 1 aromatic rings. The number of carbonyl (C=O) groups excluding carboxylic acids is 1. The second kappa shape index (κ2) is 5.27. The monoisotopic (exact) mass is 237 g/mol. The molecule has 0 saturated carbocycles. The molecule has 0 spiro atoms. The average Bonchev–Trinajstić information content (AvgIpc) is 2.77. The lowest BCUT2D eigenvalue weighted by Crippen LogP contribution is -2.38. The number of halogens is 1. The van der Waals surface area contributed by atoms with Crippen LogP contribution in [0.3, 0.4) is 0 Å². The molecular weight excluding hydrogens is 221 g/mol. The maximum Gasteiger partial charge on any atom is 0.227 e. The lowest BCUT2D eigenvalue weighted by Gasteiger charge is -2.23. The zero-order valence-electron chi connectivity index (χ0n) is 9.60. The standard InChI is InChI=1S/C13H16FNO2/c14-11-4-1-3-10(7-11)8-13(17)15-6-2-5-12(15)9-16/h1,3-4,7,12,16H,2,5-6,8-9H2. The van der Waals surface area contributed by atoms with Crippen LogP contribution in [-0.2, 0) is 11.2 Å². The van der Waals surface area contributed by atoms with E-state index in [1.807, 2.05) is 0 Å². The Balaban J connectivity index is 2.01. The third-order valence-electron chi connectivity index (χ3n) is 3.15. The number of likely N-dealkylation sites (tertiary alicyclic amines) is 1. The van der Waals surface area contributed by atoms with Crippen LogP contribution in [0.2, 0.25) is 0 Å². The van der Waals surface area contributed by atoms with Crippen molar-refractivity contribution in [2.45, 2.75) is 25.3 Å². The van der Waals surface area contributed by atoms with Crippen LogP contribution in [0.1, 0.15) is 18.4 Å². The molecule has 0 aromatic heterocycles. The number of carbonyl (C=O) groups is 1. The van der Waals surface area contributed by atoms with E-state index in [-0.39, 0.29) is 30.8 Å². The SMILES string of the molecule is O=C(Cc1cccc(F)c1)N1CCCC1CO. The zero-order chi connectivity index (χ0) is 12.3. The molecule has 1 aliphatic heterocycles. The van der Waals surface area contributed by atoms with Crippen molar-refractivity contribution in [2.75, 3.05) is 13.2 Å². The Labute approximate surface area is 99.9 Å². The van der Waals surface area contributed by atoms with Gasteiger partial charge in [0.1, 0.15) is 5.82 Å². The maximum atomic E-state index is 13.0. The van der Waals surface area contributed by atoms with E-state index in [1.165, 1.54) is 12.1 Å². The molecule has 1 aromatic carbocycles. The minimum absolute atomic E-state index is 0.00882. The molecule has 0 aliphatic carbocycles. The lowest BCUT2D eigenvalue weighted by molar-refractivity contribution is -0.131. The van der Waals surface area contributed by atoms with Crippen molar-refractivity contribution in [1.29, 1.82) is 0 Å². The molecular formula is C13H16FNO2. The first-order valence-electron chi connectivity index (χ1n) is 5.85. The largest absolute Gasteiger partial charge is 0.394 e. The number of aliphatic hydroxyl groups excluding tert-OH is 1. The summed E-state index contributed by atoms with van der Waals surface area (Å²) in [7, 11) is 0. The summed E-state index contributed by atoms with van der Waals surface area (Å²) in [5, 5.41) is 9.14. The molecule has 0 bridgehead atoms. The topological polar surface area (TPSA) is 40.5 Å². The second-order valence-corrected chi connectivity index (χ2v) is 4.37. The Morgan fingerprint density at radius 1 is 1.53 bits per heavy atom. The van der Waals surface area contributed by atoms with Crippen molar-refractivity contribution in [1.82, 2.24) is 4.90 Å². The average molecular weight is 237 g/mol. The summed E-state index contributed by atoms with van der Waals surface area (Å²) < 4.78 is 13.0. The minimum Gasteiger partial charge on any atom is -0.394 e. The molecule has 0 radical (unpaired) electrons. The number of hydrogen-bond acceptors (Lipinski definition) is 2. The van der Waals surface area contributed by atoms with Gasteiger partial charge in [-0.25, -0.2) is 4.39 Å². The Hall–Kier alpha value is -1.42. The first kappa shape index (κ1) is 12.0. The Morgan fingerprint density at radius 2 is 2.35 bits per heavy atom. The van der Waals surface area contributed by atoms with Crippen LogP contribution in [-0.4, -0.2) is 35.1 Å².